The third-order valence-corrected chi connectivity index (χ3v) is 5.63. The van der Waals surface area contributed by atoms with Gasteiger partial charge < -0.3 is 4.74 Å². The van der Waals surface area contributed by atoms with E-state index in [1.165, 1.54) is 6.21 Å². The monoisotopic (exact) mass is 450 g/mol. The lowest BCUT2D eigenvalue weighted by Crippen LogP contribution is -2.20. The topological polar surface area (TPSA) is 85.6 Å². The molecular formula is C27H22N4O3. The molecule has 1 N–H and O–H groups in total. The van der Waals surface area contributed by atoms with E-state index in [1.807, 2.05) is 41.1 Å². The lowest BCUT2D eigenvalue weighted by atomic mass is 10.2. The predicted octanol–water partition coefficient (Wildman–Crippen LogP) is 4.34. The van der Waals surface area contributed by atoms with Crippen molar-refractivity contribution in [2.75, 3.05) is 0 Å². The van der Waals surface area contributed by atoms with Crippen molar-refractivity contribution in [1.29, 1.82) is 0 Å². The first-order valence-corrected chi connectivity index (χ1v) is 11.1. The molecule has 1 aliphatic carbocycles. The second-order valence-electron chi connectivity index (χ2n) is 7.90. The summed E-state index contributed by atoms with van der Waals surface area (Å²) in [6, 6.07) is 25.5. The number of amides is 1. The molecule has 1 heterocycles. The van der Waals surface area contributed by atoms with Crippen LogP contribution in [0.15, 0.2) is 90.0 Å². The molecule has 1 amide bonds. The Kier molecular flexibility index (Phi) is 5.99. The van der Waals surface area contributed by atoms with E-state index in [9.17, 15) is 9.59 Å². The summed E-state index contributed by atoms with van der Waals surface area (Å²) in [4.78, 5) is 24.9. The fraction of sp³-hybridized carbons (Fsp3) is 0.111. The molecule has 3 aromatic carbocycles. The number of para-hydroxylation sites is 1. The highest BCUT2D eigenvalue weighted by Gasteiger charge is 2.26. The van der Waals surface area contributed by atoms with E-state index < -0.39 is 5.97 Å². The molecule has 34 heavy (non-hydrogen) atoms. The molecule has 0 unspecified atom stereocenters. The number of rotatable bonds is 6. The van der Waals surface area contributed by atoms with Gasteiger partial charge in [0, 0.05) is 11.3 Å². The van der Waals surface area contributed by atoms with Crippen LogP contribution < -0.4 is 10.2 Å². The molecule has 0 fully saturated rings. The molecule has 7 nitrogen and oxygen atoms in total. The Balaban J connectivity index is 1.23. The van der Waals surface area contributed by atoms with Crippen LogP contribution >= 0.6 is 0 Å². The van der Waals surface area contributed by atoms with Crippen LogP contribution in [0.5, 0.6) is 5.75 Å². The van der Waals surface area contributed by atoms with Crippen LogP contribution in [0.25, 0.3) is 5.69 Å². The van der Waals surface area contributed by atoms with Gasteiger partial charge in [0.1, 0.15) is 5.75 Å². The van der Waals surface area contributed by atoms with Gasteiger partial charge in [-0.15, -0.1) is 0 Å². The smallest absolute Gasteiger partial charge is 0.343 e. The quantitative estimate of drug-likeness (QED) is 0.205. The zero-order valence-electron chi connectivity index (χ0n) is 18.3. The lowest BCUT2D eigenvalue weighted by Gasteiger charge is -2.04. The summed E-state index contributed by atoms with van der Waals surface area (Å²) in [5.41, 5.74) is 7.24. The molecule has 0 spiro atoms. The number of carbonyl (C=O) groups is 2. The minimum absolute atomic E-state index is 0.336. The highest BCUT2D eigenvalue weighted by atomic mass is 16.5. The zero-order chi connectivity index (χ0) is 23.3. The van der Waals surface area contributed by atoms with Crippen LogP contribution in [0.3, 0.4) is 0 Å². The van der Waals surface area contributed by atoms with Crippen LogP contribution in [0.4, 0.5) is 0 Å². The van der Waals surface area contributed by atoms with Crippen molar-refractivity contribution in [2.45, 2.75) is 19.3 Å². The Morgan fingerprint density at radius 1 is 0.912 bits per heavy atom. The van der Waals surface area contributed by atoms with Crippen molar-refractivity contribution in [2.24, 2.45) is 5.10 Å². The standard InChI is InChI=1S/C27H22N4O3/c32-26(25-23-12-7-13-24(23)31(30-25)21-10-5-2-6-11-21)29-28-18-19-14-16-22(17-15-19)34-27(33)20-8-3-1-4-9-20/h1-6,8-11,14-18H,7,12-13H2,(H,29,32)/b28-18+. The number of aromatic nitrogens is 2. The number of benzene rings is 3. The number of nitrogens with one attached hydrogen (secondary N) is 1. The second kappa shape index (κ2) is 9.54. The van der Waals surface area contributed by atoms with E-state index in [0.717, 1.165) is 41.8 Å². The highest BCUT2D eigenvalue weighted by molar-refractivity contribution is 5.95. The number of esters is 1. The third kappa shape index (κ3) is 4.49. The molecule has 0 saturated carbocycles. The minimum Gasteiger partial charge on any atom is -0.423 e. The molecule has 7 heteroatoms. The van der Waals surface area contributed by atoms with Gasteiger partial charge in [0.05, 0.1) is 17.5 Å². The average Bonchev–Trinajstić information content (AvgIpc) is 3.49. The summed E-state index contributed by atoms with van der Waals surface area (Å²) in [5.74, 6) is -0.328. The summed E-state index contributed by atoms with van der Waals surface area (Å²) in [5, 5.41) is 8.66. The van der Waals surface area contributed by atoms with E-state index in [0.29, 0.717) is 17.0 Å². The Labute approximate surface area is 196 Å². The number of hydrazone groups is 1. The zero-order valence-corrected chi connectivity index (χ0v) is 18.3. The Hall–Kier alpha value is -4.52. The van der Waals surface area contributed by atoms with Gasteiger partial charge >= 0.3 is 5.97 Å². The Bertz CT molecular complexity index is 1340. The van der Waals surface area contributed by atoms with E-state index >= 15 is 0 Å². The summed E-state index contributed by atoms with van der Waals surface area (Å²) >= 11 is 0. The molecule has 1 aromatic heterocycles. The fourth-order valence-corrected chi connectivity index (χ4v) is 3.98. The summed E-state index contributed by atoms with van der Waals surface area (Å²) in [6.45, 7) is 0. The maximum Gasteiger partial charge on any atom is 0.343 e. The molecule has 0 bridgehead atoms. The van der Waals surface area contributed by atoms with Gasteiger partial charge in [0.25, 0.3) is 5.91 Å². The number of hydrogen-bond acceptors (Lipinski definition) is 5. The molecule has 0 saturated heterocycles. The highest BCUT2D eigenvalue weighted by Crippen LogP contribution is 2.27. The number of carbonyl (C=O) groups excluding carboxylic acids is 2. The van der Waals surface area contributed by atoms with Crippen molar-refractivity contribution in [3.8, 4) is 11.4 Å². The Morgan fingerprint density at radius 2 is 1.62 bits per heavy atom. The molecule has 4 aromatic rings. The van der Waals surface area contributed by atoms with Gasteiger partial charge in [-0.05, 0) is 73.4 Å². The number of fused-ring (bicyclic) bond motifs is 1. The van der Waals surface area contributed by atoms with Gasteiger partial charge in [0.2, 0.25) is 0 Å². The van der Waals surface area contributed by atoms with Crippen molar-refractivity contribution < 1.29 is 14.3 Å². The van der Waals surface area contributed by atoms with E-state index in [2.05, 4.69) is 15.6 Å². The number of nitrogens with zero attached hydrogens (tertiary/aromatic N) is 3. The fourth-order valence-electron chi connectivity index (χ4n) is 3.98. The SMILES string of the molecule is O=C(Oc1ccc(/C=N/NC(=O)c2nn(-c3ccccc3)c3c2CCC3)cc1)c1ccccc1. The predicted molar refractivity (Wildman–Crippen MR) is 128 cm³/mol. The van der Waals surface area contributed by atoms with Crippen LogP contribution in [-0.4, -0.2) is 27.9 Å². The first-order chi connectivity index (χ1) is 16.7. The van der Waals surface area contributed by atoms with Crippen LogP contribution in [0, 0.1) is 0 Å². The van der Waals surface area contributed by atoms with Gasteiger partial charge in [0.15, 0.2) is 5.69 Å². The van der Waals surface area contributed by atoms with Crippen LogP contribution in [0.1, 0.15) is 44.1 Å². The largest absolute Gasteiger partial charge is 0.423 e. The Morgan fingerprint density at radius 3 is 2.35 bits per heavy atom. The molecule has 0 aliphatic heterocycles. The summed E-state index contributed by atoms with van der Waals surface area (Å²) < 4.78 is 7.23. The van der Waals surface area contributed by atoms with E-state index in [1.54, 1.807) is 48.5 Å². The van der Waals surface area contributed by atoms with Gasteiger partial charge in [-0.3, -0.25) is 4.79 Å². The third-order valence-electron chi connectivity index (χ3n) is 5.63. The molecule has 1 aliphatic rings. The molecular weight excluding hydrogens is 428 g/mol. The second-order valence-corrected chi connectivity index (χ2v) is 7.90. The van der Waals surface area contributed by atoms with Crippen molar-refractivity contribution >= 4 is 18.1 Å². The molecule has 0 atom stereocenters. The molecule has 168 valence electrons. The molecule has 5 rings (SSSR count). The molecule has 0 radical (unpaired) electrons. The van der Waals surface area contributed by atoms with Crippen molar-refractivity contribution in [3.63, 3.8) is 0 Å². The number of ether oxygens (including phenoxy) is 1. The first kappa shape index (κ1) is 21.3. The van der Waals surface area contributed by atoms with Gasteiger partial charge in [-0.2, -0.15) is 10.2 Å². The summed E-state index contributed by atoms with van der Waals surface area (Å²) in [7, 11) is 0. The summed E-state index contributed by atoms with van der Waals surface area (Å²) in [6.07, 6.45) is 4.27. The van der Waals surface area contributed by atoms with Crippen molar-refractivity contribution in [1.82, 2.24) is 15.2 Å². The van der Waals surface area contributed by atoms with Crippen molar-refractivity contribution in [3.05, 3.63) is 113 Å². The lowest BCUT2D eigenvalue weighted by molar-refractivity contribution is 0.0734. The van der Waals surface area contributed by atoms with Crippen LogP contribution in [0.2, 0.25) is 0 Å². The first-order valence-electron chi connectivity index (χ1n) is 11.1. The normalized spacial score (nSPS) is 12.5. The van der Waals surface area contributed by atoms with Gasteiger partial charge in [-0.25, -0.2) is 14.9 Å². The maximum absolute atomic E-state index is 12.8. The van der Waals surface area contributed by atoms with E-state index in [4.69, 9.17) is 4.74 Å². The van der Waals surface area contributed by atoms with Crippen LogP contribution in [-0.2, 0) is 12.8 Å². The van der Waals surface area contributed by atoms with Gasteiger partial charge in [-0.1, -0.05) is 36.4 Å². The maximum atomic E-state index is 12.8. The average molecular weight is 450 g/mol. The number of hydrogen-bond donors (Lipinski definition) is 1. The van der Waals surface area contributed by atoms with E-state index in [-0.39, 0.29) is 5.91 Å². The minimum atomic E-state index is -0.420.